The number of nitrogens with one attached hydrogen (secondary N) is 1. The summed E-state index contributed by atoms with van der Waals surface area (Å²) in [5.41, 5.74) is 3.03. The Bertz CT molecular complexity index is 993. The summed E-state index contributed by atoms with van der Waals surface area (Å²) in [7, 11) is 1.96. The van der Waals surface area contributed by atoms with Gasteiger partial charge >= 0.3 is 0 Å². The van der Waals surface area contributed by atoms with Crippen LogP contribution >= 0.6 is 0 Å². The first-order chi connectivity index (χ1) is 15.5. The Morgan fingerprint density at radius 2 is 1.88 bits per heavy atom. The van der Waals surface area contributed by atoms with Crippen molar-refractivity contribution < 1.29 is 9.53 Å². The molecule has 3 aromatic rings. The number of carbonyl (C=O) groups excluding carboxylic acids is 1. The van der Waals surface area contributed by atoms with Gasteiger partial charge in [0.1, 0.15) is 17.7 Å². The highest BCUT2D eigenvalue weighted by atomic mass is 16.5. The molecule has 32 heavy (non-hydrogen) atoms. The van der Waals surface area contributed by atoms with Crippen LogP contribution in [0.3, 0.4) is 0 Å². The molecule has 1 aromatic heterocycles. The first-order valence-electron chi connectivity index (χ1n) is 11.6. The van der Waals surface area contributed by atoms with E-state index in [1.54, 1.807) is 6.33 Å². The third-order valence-electron chi connectivity index (χ3n) is 5.91. The Morgan fingerprint density at radius 3 is 2.50 bits per heavy atom. The summed E-state index contributed by atoms with van der Waals surface area (Å²) < 4.78 is 8.34. The van der Waals surface area contributed by atoms with Crippen LogP contribution in [0, 0.1) is 12.8 Å². The minimum atomic E-state index is 0.00796. The van der Waals surface area contributed by atoms with E-state index in [0.717, 1.165) is 54.9 Å². The van der Waals surface area contributed by atoms with Gasteiger partial charge in [-0.05, 0) is 49.1 Å². The first-order valence-corrected chi connectivity index (χ1v) is 11.6. The highest BCUT2D eigenvalue weighted by Gasteiger charge is 2.19. The molecule has 3 rings (SSSR count). The summed E-state index contributed by atoms with van der Waals surface area (Å²) in [5.74, 6) is 2.00. The summed E-state index contributed by atoms with van der Waals surface area (Å²) in [6, 6.07) is 16.3. The van der Waals surface area contributed by atoms with Gasteiger partial charge in [-0.15, -0.1) is 0 Å². The highest BCUT2D eigenvalue weighted by molar-refractivity contribution is 5.99. The molecule has 1 atom stereocenters. The van der Waals surface area contributed by atoms with Gasteiger partial charge in [-0.25, -0.2) is 4.98 Å². The lowest BCUT2D eigenvalue weighted by molar-refractivity contribution is 0.0912. The van der Waals surface area contributed by atoms with E-state index < -0.39 is 0 Å². The first kappa shape index (κ1) is 23.6. The predicted octanol–water partition coefficient (Wildman–Crippen LogP) is 5.84. The Kier molecular flexibility index (Phi) is 8.48. The van der Waals surface area contributed by atoms with E-state index >= 15 is 0 Å². The number of carbonyl (C=O) groups is 1. The SMILES string of the molecule is CCC(CC)C(=O)c1ccc(OC(CCNc2cn(C)cn2)Cc2ccccc2)cc1C. The maximum atomic E-state index is 12.8. The minimum Gasteiger partial charge on any atom is -0.490 e. The van der Waals surface area contributed by atoms with Gasteiger partial charge in [0.05, 0.1) is 6.33 Å². The Hall–Kier alpha value is -3.08. The van der Waals surface area contributed by atoms with Crippen molar-refractivity contribution in [3.8, 4) is 5.75 Å². The van der Waals surface area contributed by atoms with Crippen LogP contribution in [0.25, 0.3) is 0 Å². The lowest BCUT2D eigenvalue weighted by Crippen LogP contribution is -2.23. The number of hydrogen-bond donors (Lipinski definition) is 1. The molecule has 170 valence electrons. The van der Waals surface area contributed by atoms with Crippen molar-refractivity contribution >= 4 is 11.6 Å². The maximum absolute atomic E-state index is 12.8. The van der Waals surface area contributed by atoms with E-state index in [1.807, 2.05) is 49.0 Å². The molecule has 0 aliphatic heterocycles. The second-order valence-electron chi connectivity index (χ2n) is 8.42. The lowest BCUT2D eigenvalue weighted by Gasteiger charge is -2.21. The van der Waals surface area contributed by atoms with Gasteiger partial charge in [0.25, 0.3) is 0 Å². The second kappa shape index (κ2) is 11.5. The highest BCUT2D eigenvalue weighted by Crippen LogP contribution is 2.24. The van der Waals surface area contributed by atoms with Crippen LogP contribution in [-0.4, -0.2) is 28.0 Å². The summed E-state index contributed by atoms with van der Waals surface area (Å²) in [5, 5.41) is 3.37. The van der Waals surface area contributed by atoms with E-state index in [0.29, 0.717) is 0 Å². The standard InChI is InChI=1S/C27H35N3O2/c1-5-22(6-2)27(31)25-13-12-23(16-20(25)3)32-24(17-21-10-8-7-9-11-21)14-15-28-26-18-30(4)19-29-26/h7-13,16,18-19,22,24,28H,5-6,14-15,17H2,1-4H3. The van der Waals surface area contributed by atoms with Crippen LogP contribution in [0.15, 0.2) is 61.1 Å². The van der Waals surface area contributed by atoms with E-state index in [9.17, 15) is 4.79 Å². The zero-order valence-corrected chi connectivity index (χ0v) is 19.7. The molecule has 0 aliphatic rings. The fourth-order valence-electron chi connectivity index (χ4n) is 4.00. The minimum absolute atomic E-state index is 0.00796. The normalized spacial score (nSPS) is 12.0. The second-order valence-corrected chi connectivity index (χ2v) is 8.42. The predicted molar refractivity (Wildman–Crippen MR) is 130 cm³/mol. The summed E-state index contributed by atoms with van der Waals surface area (Å²) >= 11 is 0. The van der Waals surface area contributed by atoms with E-state index in [2.05, 4.69) is 48.4 Å². The van der Waals surface area contributed by atoms with Crippen LogP contribution in [0.2, 0.25) is 0 Å². The number of nitrogens with zero attached hydrogens (tertiary/aromatic N) is 2. The molecule has 0 fully saturated rings. The van der Waals surface area contributed by atoms with E-state index in [1.165, 1.54) is 5.56 Å². The van der Waals surface area contributed by atoms with Gasteiger partial charge in [-0.3, -0.25) is 4.79 Å². The van der Waals surface area contributed by atoms with Crippen LogP contribution in [-0.2, 0) is 13.5 Å². The Labute approximate surface area is 191 Å². The molecule has 0 spiro atoms. The summed E-state index contributed by atoms with van der Waals surface area (Å²) in [6.07, 6.45) is 7.15. The molecule has 5 heteroatoms. The molecule has 1 unspecified atom stereocenters. The quantitative estimate of drug-likeness (QED) is 0.365. The monoisotopic (exact) mass is 433 g/mol. The van der Waals surface area contributed by atoms with Gasteiger partial charge in [0, 0.05) is 44.1 Å². The number of anilines is 1. The third kappa shape index (κ3) is 6.46. The molecular weight excluding hydrogens is 398 g/mol. The lowest BCUT2D eigenvalue weighted by atomic mass is 9.91. The number of aryl methyl sites for hydroxylation is 2. The van der Waals surface area contributed by atoms with Crippen molar-refractivity contribution in [1.29, 1.82) is 0 Å². The number of rotatable bonds is 12. The fourth-order valence-corrected chi connectivity index (χ4v) is 4.00. The zero-order chi connectivity index (χ0) is 22.9. The van der Waals surface area contributed by atoms with Crippen molar-refractivity contribution in [2.75, 3.05) is 11.9 Å². The molecule has 0 saturated carbocycles. The van der Waals surface area contributed by atoms with Gasteiger partial charge in [0.2, 0.25) is 0 Å². The number of benzene rings is 2. The molecule has 1 N–H and O–H groups in total. The maximum Gasteiger partial charge on any atom is 0.166 e. The number of ketones is 1. The number of Topliss-reactive ketones (excluding diaryl/α,β-unsaturated/α-hetero) is 1. The average molecular weight is 434 g/mol. The molecule has 0 amide bonds. The molecule has 0 aliphatic carbocycles. The van der Waals surface area contributed by atoms with Gasteiger partial charge in [-0.2, -0.15) is 0 Å². The van der Waals surface area contributed by atoms with Gasteiger partial charge in [-0.1, -0.05) is 44.2 Å². The Morgan fingerprint density at radius 1 is 1.12 bits per heavy atom. The molecular formula is C27H35N3O2. The number of imidazole rings is 1. The number of hydrogen-bond acceptors (Lipinski definition) is 4. The fraction of sp³-hybridized carbons (Fsp3) is 0.407. The number of ether oxygens (including phenoxy) is 1. The largest absolute Gasteiger partial charge is 0.490 e. The van der Waals surface area contributed by atoms with Crippen molar-refractivity contribution in [2.24, 2.45) is 13.0 Å². The number of aromatic nitrogens is 2. The van der Waals surface area contributed by atoms with E-state index in [4.69, 9.17) is 4.74 Å². The van der Waals surface area contributed by atoms with Gasteiger partial charge in [0.15, 0.2) is 5.78 Å². The topological polar surface area (TPSA) is 56.1 Å². The van der Waals surface area contributed by atoms with Crippen molar-refractivity contribution in [2.45, 2.75) is 52.6 Å². The van der Waals surface area contributed by atoms with Crippen molar-refractivity contribution in [3.05, 3.63) is 77.7 Å². The van der Waals surface area contributed by atoms with Gasteiger partial charge < -0.3 is 14.6 Å². The van der Waals surface area contributed by atoms with Crippen LogP contribution < -0.4 is 10.1 Å². The zero-order valence-electron chi connectivity index (χ0n) is 19.7. The summed E-state index contributed by atoms with van der Waals surface area (Å²) in [6.45, 7) is 6.91. The molecule has 0 saturated heterocycles. The van der Waals surface area contributed by atoms with Crippen LogP contribution in [0.5, 0.6) is 5.75 Å². The molecule has 2 aromatic carbocycles. The Balaban J connectivity index is 1.70. The van der Waals surface area contributed by atoms with Crippen LogP contribution in [0.1, 0.15) is 54.6 Å². The van der Waals surface area contributed by atoms with Crippen molar-refractivity contribution in [3.63, 3.8) is 0 Å². The molecule has 1 heterocycles. The molecule has 0 bridgehead atoms. The van der Waals surface area contributed by atoms with E-state index in [-0.39, 0.29) is 17.8 Å². The molecule has 0 radical (unpaired) electrons. The van der Waals surface area contributed by atoms with Crippen LogP contribution in [0.4, 0.5) is 5.82 Å². The summed E-state index contributed by atoms with van der Waals surface area (Å²) in [4.78, 5) is 17.1. The smallest absolute Gasteiger partial charge is 0.166 e. The van der Waals surface area contributed by atoms with Crippen molar-refractivity contribution in [1.82, 2.24) is 9.55 Å². The average Bonchev–Trinajstić information content (AvgIpc) is 3.20. The molecule has 5 nitrogen and oxygen atoms in total. The third-order valence-corrected chi connectivity index (χ3v) is 5.91.